The minimum absolute atomic E-state index is 0.240. The summed E-state index contributed by atoms with van der Waals surface area (Å²) < 4.78 is 4.73. The van der Waals surface area contributed by atoms with Gasteiger partial charge in [-0.25, -0.2) is 4.79 Å². The first kappa shape index (κ1) is 12.1. The Morgan fingerprint density at radius 2 is 2.18 bits per heavy atom. The van der Waals surface area contributed by atoms with Crippen LogP contribution in [0.2, 0.25) is 0 Å². The maximum Gasteiger partial charge on any atom is 0.337 e. The van der Waals surface area contributed by atoms with Crippen molar-refractivity contribution >= 4 is 5.97 Å². The average Bonchev–Trinajstić information content (AvgIpc) is 2.90. The molecule has 1 fully saturated rings. The zero-order valence-electron chi connectivity index (χ0n) is 10.6. The number of methoxy groups -OCH3 is 1. The molecule has 1 saturated carbocycles. The van der Waals surface area contributed by atoms with E-state index in [2.05, 4.69) is 19.9 Å². The molecule has 2 atom stereocenters. The number of carbonyl (C=O) groups excluding carboxylic acids is 1. The second-order valence-electron chi connectivity index (χ2n) is 5.26. The largest absolute Gasteiger partial charge is 0.465 e. The van der Waals surface area contributed by atoms with Gasteiger partial charge < -0.3 is 10.5 Å². The topological polar surface area (TPSA) is 52.3 Å². The maximum absolute atomic E-state index is 11.5. The fraction of sp³-hybridized carbons (Fsp3) is 0.500. The number of benzene rings is 1. The Bertz CT molecular complexity index is 440. The molecule has 3 nitrogen and oxygen atoms in total. The predicted molar refractivity (Wildman–Crippen MR) is 66.8 cm³/mol. The van der Waals surface area contributed by atoms with Crippen LogP contribution in [0, 0.1) is 11.3 Å². The molecule has 1 aliphatic rings. The minimum Gasteiger partial charge on any atom is -0.465 e. The molecule has 1 aromatic carbocycles. The van der Waals surface area contributed by atoms with Crippen molar-refractivity contribution in [2.75, 3.05) is 13.7 Å². The zero-order valence-corrected chi connectivity index (χ0v) is 10.6. The molecule has 3 heteroatoms. The smallest absolute Gasteiger partial charge is 0.337 e. The Balaban J connectivity index is 2.27. The second kappa shape index (κ2) is 4.15. The summed E-state index contributed by atoms with van der Waals surface area (Å²) in [5, 5.41) is 0. The lowest BCUT2D eigenvalue weighted by Crippen LogP contribution is -2.05. The van der Waals surface area contributed by atoms with Gasteiger partial charge in [0.25, 0.3) is 0 Å². The highest BCUT2D eigenvalue weighted by atomic mass is 16.5. The van der Waals surface area contributed by atoms with Crippen LogP contribution in [0.15, 0.2) is 24.3 Å². The summed E-state index contributed by atoms with van der Waals surface area (Å²) in [6, 6.07) is 7.67. The van der Waals surface area contributed by atoms with Gasteiger partial charge in [-0.15, -0.1) is 0 Å². The van der Waals surface area contributed by atoms with Gasteiger partial charge >= 0.3 is 5.97 Å². The van der Waals surface area contributed by atoms with E-state index in [1.54, 1.807) is 6.07 Å². The van der Waals surface area contributed by atoms with E-state index in [1.165, 1.54) is 12.7 Å². The fourth-order valence-electron chi connectivity index (χ4n) is 2.82. The summed E-state index contributed by atoms with van der Waals surface area (Å²) in [6.45, 7) is 5.14. The lowest BCUT2D eigenvalue weighted by atomic mass is 10.0. The van der Waals surface area contributed by atoms with Crippen LogP contribution in [-0.2, 0) is 4.74 Å². The predicted octanol–water partition coefficient (Wildman–Crippen LogP) is 2.17. The first-order chi connectivity index (χ1) is 8.02. The molecule has 17 heavy (non-hydrogen) atoms. The molecule has 2 N–H and O–H groups in total. The van der Waals surface area contributed by atoms with Gasteiger partial charge in [0, 0.05) is 0 Å². The van der Waals surface area contributed by atoms with Crippen LogP contribution in [0.3, 0.4) is 0 Å². The first-order valence-electron chi connectivity index (χ1n) is 5.90. The molecule has 0 amide bonds. The van der Waals surface area contributed by atoms with Crippen LogP contribution in [0.1, 0.15) is 35.7 Å². The molecule has 0 aliphatic heterocycles. The van der Waals surface area contributed by atoms with Crippen molar-refractivity contribution in [2.45, 2.75) is 19.8 Å². The summed E-state index contributed by atoms with van der Waals surface area (Å²) in [5.74, 6) is 0.683. The van der Waals surface area contributed by atoms with Crippen LogP contribution in [-0.4, -0.2) is 19.6 Å². The quantitative estimate of drug-likeness (QED) is 0.814. The summed E-state index contributed by atoms with van der Waals surface area (Å²) in [7, 11) is 1.40. The number of esters is 1. The summed E-state index contributed by atoms with van der Waals surface area (Å²) >= 11 is 0. The van der Waals surface area contributed by atoms with Crippen molar-refractivity contribution in [3.63, 3.8) is 0 Å². The van der Waals surface area contributed by atoms with Gasteiger partial charge in [-0.1, -0.05) is 26.0 Å². The molecular weight excluding hydrogens is 214 g/mol. The van der Waals surface area contributed by atoms with Gasteiger partial charge in [-0.05, 0) is 41.5 Å². The third-order valence-electron chi connectivity index (χ3n) is 3.97. The molecule has 0 heterocycles. The molecule has 0 saturated heterocycles. The van der Waals surface area contributed by atoms with Gasteiger partial charge in [-0.2, -0.15) is 0 Å². The maximum atomic E-state index is 11.5. The van der Waals surface area contributed by atoms with Gasteiger partial charge in [0.2, 0.25) is 0 Å². The molecular formula is C14H19NO2. The number of ether oxygens (including phenoxy) is 1. The monoisotopic (exact) mass is 233 g/mol. The lowest BCUT2D eigenvalue weighted by Gasteiger charge is -2.05. The highest BCUT2D eigenvalue weighted by molar-refractivity contribution is 5.89. The van der Waals surface area contributed by atoms with Crippen LogP contribution in [0.25, 0.3) is 0 Å². The third kappa shape index (κ3) is 1.95. The van der Waals surface area contributed by atoms with Crippen molar-refractivity contribution in [2.24, 2.45) is 17.1 Å². The van der Waals surface area contributed by atoms with Gasteiger partial charge in [0.1, 0.15) is 0 Å². The molecule has 0 unspecified atom stereocenters. The Hall–Kier alpha value is -1.35. The van der Waals surface area contributed by atoms with E-state index in [0.717, 1.165) is 0 Å². The van der Waals surface area contributed by atoms with E-state index in [0.29, 0.717) is 23.9 Å². The Morgan fingerprint density at radius 1 is 1.47 bits per heavy atom. The molecule has 0 radical (unpaired) electrons. The fourth-order valence-corrected chi connectivity index (χ4v) is 2.82. The molecule has 92 valence electrons. The molecule has 2 rings (SSSR count). The van der Waals surface area contributed by atoms with Crippen LogP contribution >= 0.6 is 0 Å². The van der Waals surface area contributed by atoms with Gasteiger partial charge in [0.15, 0.2) is 0 Å². The van der Waals surface area contributed by atoms with Crippen LogP contribution in [0.5, 0.6) is 0 Å². The molecule has 0 aromatic heterocycles. The Kier molecular flexibility index (Phi) is 2.96. The standard InChI is InChI=1S/C14H19NO2/c1-14(2)11(8-15)12(14)9-5-4-6-10(7-9)13(16)17-3/h4-7,11-12H,8,15H2,1-3H3/t11-,12-/m1/s1. The summed E-state index contributed by atoms with van der Waals surface area (Å²) in [4.78, 5) is 11.5. The number of rotatable bonds is 3. The zero-order chi connectivity index (χ0) is 12.6. The van der Waals surface area contributed by atoms with E-state index >= 15 is 0 Å². The van der Waals surface area contributed by atoms with E-state index in [9.17, 15) is 4.79 Å². The highest BCUT2D eigenvalue weighted by Gasteiger charge is 2.57. The number of carbonyl (C=O) groups is 1. The van der Waals surface area contributed by atoms with Gasteiger partial charge in [0.05, 0.1) is 12.7 Å². The van der Waals surface area contributed by atoms with Crippen molar-refractivity contribution in [3.05, 3.63) is 35.4 Å². The Morgan fingerprint density at radius 3 is 2.71 bits per heavy atom. The third-order valence-corrected chi connectivity index (χ3v) is 3.97. The lowest BCUT2D eigenvalue weighted by molar-refractivity contribution is 0.0600. The molecule has 0 bridgehead atoms. The summed E-state index contributed by atoms with van der Waals surface area (Å²) in [6.07, 6.45) is 0. The normalized spacial score (nSPS) is 25.4. The number of hydrogen-bond donors (Lipinski definition) is 1. The average molecular weight is 233 g/mol. The van der Waals surface area contributed by atoms with Crippen molar-refractivity contribution in [1.29, 1.82) is 0 Å². The molecule has 0 spiro atoms. The van der Waals surface area contributed by atoms with Crippen LogP contribution in [0.4, 0.5) is 0 Å². The number of hydrogen-bond acceptors (Lipinski definition) is 3. The van der Waals surface area contributed by atoms with Crippen molar-refractivity contribution in [1.82, 2.24) is 0 Å². The highest BCUT2D eigenvalue weighted by Crippen LogP contribution is 2.63. The SMILES string of the molecule is COC(=O)c1cccc([C@@H]2[C@@H](CN)C2(C)C)c1. The van der Waals surface area contributed by atoms with Crippen LogP contribution < -0.4 is 5.73 Å². The van der Waals surface area contributed by atoms with Crippen molar-refractivity contribution in [3.8, 4) is 0 Å². The second-order valence-corrected chi connectivity index (χ2v) is 5.26. The molecule has 1 aromatic rings. The van der Waals surface area contributed by atoms with E-state index < -0.39 is 0 Å². The van der Waals surface area contributed by atoms with E-state index in [1.807, 2.05) is 12.1 Å². The van der Waals surface area contributed by atoms with E-state index in [-0.39, 0.29) is 11.4 Å². The summed E-state index contributed by atoms with van der Waals surface area (Å²) in [5.41, 5.74) is 7.81. The number of nitrogens with two attached hydrogens (primary N) is 1. The van der Waals surface area contributed by atoms with Gasteiger partial charge in [-0.3, -0.25) is 0 Å². The molecule has 1 aliphatic carbocycles. The van der Waals surface area contributed by atoms with Crippen molar-refractivity contribution < 1.29 is 9.53 Å². The minimum atomic E-state index is -0.283. The first-order valence-corrected chi connectivity index (χ1v) is 5.90. The van der Waals surface area contributed by atoms with E-state index in [4.69, 9.17) is 10.5 Å². The Labute approximate surface area is 102 Å².